The monoisotopic (exact) mass is 219 g/mol. The Labute approximate surface area is 99.4 Å². The van der Waals surface area contributed by atoms with Crippen molar-refractivity contribution < 1.29 is 4.79 Å². The van der Waals surface area contributed by atoms with Gasteiger partial charge in [-0.15, -0.1) is 0 Å². The van der Waals surface area contributed by atoms with E-state index in [1.807, 2.05) is 36.4 Å². The van der Waals surface area contributed by atoms with Crippen molar-refractivity contribution in [3.8, 4) is 11.8 Å². The molecule has 1 aliphatic carbocycles. The smallest absolute Gasteiger partial charge is 0.177 e. The Bertz CT molecular complexity index is 651. The van der Waals surface area contributed by atoms with Gasteiger partial charge < -0.3 is 0 Å². The fourth-order valence-electron chi connectivity index (χ4n) is 1.84. The molecule has 0 N–H and O–H groups in total. The summed E-state index contributed by atoms with van der Waals surface area (Å²) in [6, 6.07) is 7.78. The third-order valence-electron chi connectivity index (χ3n) is 2.74. The molecule has 17 heavy (non-hydrogen) atoms. The first-order chi connectivity index (χ1) is 8.34. The topological polar surface area (TPSA) is 29.4 Å². The maximum Gasteiger partial charge on any atom is 0.177 e. The molecule has 80 valence electrons. The van der Waals surface area contributed by atoms with Crippen LogP contribution in [0.25, 0.3) is 0 Å². The fourth-order valence-corrected chi connectivity index (χ4v) is 1.84. The Morgan fingerprint density at radius 2 is 2.06 bits per heavy atom. The van der Waals surface area contributed by atoms with Gasteiger partial charge >= 0.3 is 0 Å². The van der Waals surface area contributed by atoms with Crippen molar-refractivity contribution in [2.75, 3.05) is 0 Å². The van der Waals surface area contributed by atoms with Crippen molar-refractivity contribution in [3.05, 3.63) is 58.8 Å². The van der Waals surface area contributed by atoms with Gasteiger partial charge in [-0.3, -0.25) is 9.79 Å². The molecule has 0 saturated carbocycles. The average molecular weight is 219 g/mol. The summed E-state index contributed by atoms with van der Waals surface area (Å²) in [7, 11) is 0. The second-order valence-corrected chi connectivity index (χ2v) is 3.89. The van der Waals surface area contributed by atoms with Crippen molar-refractivity contribution in [1.82, 2.24) is 0 Å². The van der Waals surface area contributed by atoms with Crippen LogP contribution in [-0.2, 0) is 4.79 Å². The summed E-state index contributed by atoms with van der Waals surface area (Å²) in [5.41, 5.74) is 3.09. The Hall–Kier alpha value is -2.40. The number of hydrogen-bond donors (Lipinski definition) is 0. The number of aliphatic imine (C=N–C) groups is 1. The highest BCUT2D eigenvalue weighted by atomic mass is 16.1. The zero-order valence-corrected chi connectivity index (χ0v) is 9.10. The summed E-state index contributed by atoms with van der Waals surface area (Å²) in [5, 5.41) is 0. The molecule has 1 aromatic carbocycles. The molecule has 2 aliphatic rings. The molecule has 0 saturated heterocycles. The predicted molar refractivity (Wildman–Crippen MR) is 66.7 cm³/mol. The summed E-state index contributed by atoms with van der Waals surface area (Å²) in [5.74, 6) is 6.03. The molecule has 0 aromatic heterocycles. The Balaban J connectivity index is 2.19. The minimum Gasteiger partial charge on any atom is -0.293 e. The van der Waals surface area contributed by atoms with E-state index in [9.17, 15) is 4.79 Å². The Morgan fingerprint density at radius 3 is 3.00 bits per heavy atom. The minimum atomic E-state index is 0.0477. The number of allylic oxidation sites excluding steroid dienone is 3. The van der Waals surface area contributed by atoms with Crippen LogP contribution in [0.5, 0.6) is 0 Å². The highest BCUT2D eigenvalue weighted by molar-refractivity contribution is 6.03. The second-order valence-electron chi connectivity index (χ2n) is 3.89. The molecule has 0 fully saturated rings. The molecule has 1 heterocycles. The normalized spacial score (nSPS) is 16.6. The van der Waals surface area contributed by atoms with Crippen LogP contribution in [-0.4, -0.2) is 12.0 Å². The van der Waals surface area contributed by atoms with Gasteiger partial charge in [0.25, 0.3) is 0 Å². The third-order valence-corrected chi connectivity index (χ3v) is 2.74. The second kappa shape index (κ2) is 3.88. The first-order valence-corrected chi connectivity index (χ1v) is 5.44. The van der Waals surface area contributed by atoms with E-state index in [0.29, 0.717) is 17.7 Å². The van der Waals surface area contributed by atoms with Gasteiger partial charge in [0.2, 0.25) is 0 Å². The number of benzene rings is 1. The van der Waals surface area contributed by atoms with Crippen molar-refractivity contribution in [1.29, 1.82) is 0 Å². The standard InChI is InChI=1S/C15H9NO/c17-15-7-3-6-14-13(15)9-8-11-4-1-2-5-12(11)10-16-14/h1-6,10H,7H2. The van der Waals surface area contributed by atoms with Crippen LogP contribution in [0.2, 0.25) is 0 Å². The molecule has 0 radical (unpaired) electrons. The van der Waals surface area contributed by atoms with Gasteiger partial charge in [-0.2, -0.15) is 0 Å². The molecule has 2 heteroatoms. The molecule has 0 unspecified atom stereocenters. The van der Waals surface area contributed by atoms with E-state index in [-0.39, 0.29) is 5.78 Å². The molecule has 3 rings (SSSR count). The molecule has 0 atom stereocenters. The number of nitrogens with zero attached hydrogens (tertiary/aromatic N) is 1. The summed E-state index contributed by atoms with van der Waals surface area (Å²) >= 11 is 0. The Morgan fingerprint density at radius 1 is 1.18 bits per heavy atom. The highest BCUT2D eigenvalue weighted by Crippen LogP contribution is 2.18. The van der Waals surface area contributed by atoms with E-state index >= 15 is 0 Å². The number of rotatable bonds is 0. The third kappa shape index (κ3) is 1.72. The molecule has 1 aliphatic heterocycles. The van der Waals surface area contributed by atoms with Crippen molar-refractivity contribution >= 4 is 12.0 Å². The quantitative estimate of drug-likeness (QED) is 0.615. The number of fused-ring (bicyclic) bond motifs is 1. The molecule has 0 amide bonds. The minimum absolute atomic E-state index is 0.0477. The maximum absolute atomic E-state index is 11.7. The van der Waals surface area contributed by atoms with Crippen molar-refractivity contribution in [3.63, 3.8) is 0 Å². The zero-order valence-electron chi connectivity index (χ0n) is 9.10. The zero-order chi connectivity index (χ0) is 11.7. The van der Waals surface area contributed by atoms with E-state index < -0.39 is 0 Å². The van der Waals surface area contributed by atoms with Crippen LogP contribution < -0.4 is 0 Å². The summed E-state index contributed by atoms with van der Waals surface area (Å²) in [6.07, 6.45) is 5.87. The van der Waals surface area contributed by atoms with Crippen molar-refractivity contribution in [2.45, 2.75) is 6.42 Å². The molecular weight excluding hydrogens is 210 g/mol. The lowest BCUT2D eigenvalue weighted by atomic mass is 9.99. The average Bonchev–Trinajstić information content (AvgIpc) is 2.33. The van der Waals surface area contributed by atoms with E-state index in [0.717, 1.165) is 11.1 Å². The van der Waals surface area contributed by atoms with Crippen molar-refractivity contribution in [2.24, 2.45) is 4.99 Å². The fraction of sp³-hybridized carbons (Fsp3) is 0.0667. The summed E-state index contributed by atoms with van der Waals surface area (Å²) in [6.45, 7) is 0. The molecule has 1 aromatic rings. The van der Waals surface area contributed by atoms with Crippen LogP contribution >= 0.6 is 0 Å². The van der Waals surface area contributed by atoms with Crippen LogP contribution in [0.3, 0.4) is 0 Å². The van der Waals surface area contributed by atoms with Crippen LogP contribution in [0.1, 0.15) is 17.5 Å². The number of hydrogen-bond acceptors (Lipinski definition) is 2. The number of carbonyl (C=O) groups is 1. The lowest BCUT2D eigenvalue weighted by Crippen LogP contribution is -2.07. The molecular formula is C15H9NO. The summed E-state index contributed by atoms with van der Waals surface area (Å²) in [4.78, 5) is 16.1. The first kappa shape index (κ1) is 9.80. The van der Waals surface area contributed by atoms with Gasteiger partial charge in [0.1, 0.15) is 0 Å². The largest absolute Gasteiger partial charge is 0.293 e. The Kier molecular flexibility index (Phi) is 2.23. The van der Waals surface area contributed by atoms with Crippen LogP contribution in [0.15, 0.2) is 52.7 Å². The van der Waals surface area contributed by atoms with Crippen LogP contribution in [0, 0.1) is 11.8 Å². The SMILES string of the molecule is O=C1CC=CC2=C1C#Cc1ccccc1C=N2. The molecule has 2 nitrogen and oxygen atoms in total. The lowest BCUT2D eigenvalue weighted by molar-refractivity contribution is -0.114. The van der Waals surface area contributed by atoms with Gasteiger partial charge in [-0.25, -0.2) is 0 Å². The number of Topliss-reactive ketones (excluding diaryl/α,β-unsaturated/α-hetero) is 1. The molecule has 0 bridgehead atoms. The maximum atomic E-state index is 11.7. The van der Waals surface area contributed by atoms with Gasteiger partial charge in [0.05, 0.1) is 11.3 Å². The van der Waals surface area contributed by atoms with E-state index in [4.69, 9.17) is 0 Å². The predicted octanol–water partition coefficient (Wildman–Crippen LogP) is 2.25. The highest BCUT2D eigenvalue weighted by Gasteiger charge is 2.15. The first-order valence-electron chi connectivity index (χ1n) is 5.44. The van der Waals surface area contributed by atoms with Gasteiger partial charge in [-0.05, 0) is 12.1 Å². The summed E-state index contributed by atoms with van der Waals surface area (Å²) < 4.78 is 0. The number of carbonyl (C=O) groups excluding carboxylic acids is 1. The number of ketones is 1. The van der Waals surface area contributed by atoms with Gasteiger partial charge in [0.15, 0.2) is 5.78 Å². The van der Waals surface area contributed by atoms with Gasteiger partial charge in [-0.1, -0.05) is 36.1 Å². The van der Waals surface area contributed by atoms with Crippen LogP contribution in [0.4, 0.5) is 0 Å². The van der Waals surface area contributed by atoms with E-state index in [2.05, 4.69) is 16.8 Å². The van der Waals surface area contributed by atoms with E-state index in [1.165, 1.54) is 0 Å². The van der Waals surface area contributed by atoms with E-state index in [1.54, 1.807) is 6.21 Å². The lowest BCUT2D eigenvalue weighted by Gasteiger charge is -2.08. The molecule has 0 spiro atoms. The van der Waals surface area contributed by atoms with Gasteiger partial charge in [0, 0.05) is 23.8 Å².